The lowest BCUT2D eigenvalue weighted by atomic mass is 10.1. The van der Waals surface area contributed by atoms with Crippen LogP contribution in [0.15, 0.2) is 46.0 Å². The predicted octanol–water partition coefficient (Wildman–Crippen LogP) is 3.71. The quantitative estimate of drug-likeness (QED) is 0.495. The molecule has 0 atom stereocenters. The van der Waals surface area contributed by atoms with Crippen LogP contribution in [0.5, 0.6) is 0 Å². The molecule has 0 saturated carbocycles. The second-order valence-electron chi connectivity index (χ2n) is 3.90. The van der Waals surface area contributed by atoms with Crippen LogP contribution in [0.1, 0.15) is 25.2 Å². The summed E-state index contributed by atoms with van der Waals surface area (Å²) in [4.78, 5) is 0. The zero-order valence-corrected chi connectivity index (χ0v) is 9.97. The number of oxime groups is 1. The SMILES string of the molecule is CCc1ccc(-c2ccc(/C(C)=N/O)o2)cc1. The molecule has 3 heteroatoms. The highest BCUT2D eigenvalue weighted by Gasteiger charge is 2.07. The Balaban J connectivity index is 2.30. The lowest BCUT2D eigenvalue weighted by molar-refractivity contribution is 0.317. The first kappa shape index (κ1) is 11.5. The molecular weight excluding hydrogens is 214 g/mol. The molecule has 0 unspecified atom stereocenters. The van der Waals surface area contributed by atoms with Gasteiger partial charge in [-0.3, -0.25) is 0 Å². The first-order chi connectivity index (χ1) is 8.24. The van der Waals surface area contributed by atoms with Gasteiger partial charge in [-0.25, -0.2) is 0 Å². The zero-order chi connectivity index (χ0) is 12.3. The number of nitrogens with zero attached hydrogens (tertiary/aromatic N) is 1. The Bertz CT molecular complexity index is 523. The molecule has 1 aromatic heterocycles. The fraction of sp³-hybridized carbons (Fsp3) is 0.214. The van der Waals surface area contributed by atoms with Crippen molar-refractivity contribution in [3.05, 3.63) is 47.7 Å². The van der Waals surface area contributed by atoms with Gasteiger partial charge in [0.25, 0.3) is 0 Å². The summed E-state index contributed by atoms with van der Waals surface area (Å²) in [5.41, 5.74) is 2.80. The van der Waals surface area contributed by atoms with E-state index >= 15 is 0 Å². The van der Waals surface area contributed by atoms with Crippen LogP contribution >= 0.6 is 0 Å². The summed E-state index contributed by atoms with van der Waals surface area (Å²) in [5, 5.41) is 11.8. The molecule has 0 saturated heterocycles. The van der Waals surface area contributed by atoms with E-state index in [1.807, 2.05) is 18.2 Å². The summed E-state index contributed by atoms with van der Waals surface area (Å²) in [7, 11) is 0. The molecular formula is C14H15NO2. The number of aryl methyl sites for hydroxylation is 1. The van der Waals surface area contributed by atoms with E-state index in [0.717, 1.165) is 17.7 Å². The molecule has 2 rings (SSSR count). The fourth-order valence-corrected chi connectivity index (χ4v) is 1.64. The van der Waals surface area contributed by atoms with Gasteiger partial charge in [0.2, 0.25) is 0 Å². The van der Waals surface area contributed by atoms with E-state index in [-0.39, 0.29) is 0 Å². The molecule has 0 spiro atoms. The summed E-state index contributed by atoms with van der Waals surface area (Å²) in [5.74, 6) is 1.37. The minimum Gasteiger partial charge on any atom is -0.455 e. The number of rotatable bonds is 3. The van der Waals surface area contributed by atoms with E-state index in [9.17, 15) is 0 Å². The Morgan fingerprint density at radius 2 is 1.88 bits per heavy atom. The Labute approximate surface area is 100 Å². The average molecular weight is 229 g/mol. The molecule has 0 amide bonds. The van der Waals surface area contributed by atoms with Gasteiger partial charge in [0.1, 0.15) is 11.5 Å². The zero-order valence-electron chi connectivity index (χ0n) is 9.97. The van der Waals surface area contributed by atoms with Crippen LogP contribution in [-0.2, 0) is 6.42 Å². The van der Waals surface area contributed by atoms with Gasteiger partial charge >= 0.3 is 0 Å². The highest BCUT2D eigenvalue weighted by Crippen LogP contribution is 2.23. The first-order valence-corrected chi connectivity index (χ1v) is 5.62. The standard InChI is InChI=1S/C14H15NO2/c1-3-11-4-6-12(7-5-11)14-9-8-13(17-14)10(2)15-16/h4-9,16H,3H2,1-2H3/b15-10+. The van der Waals surface area contributed by atoms with Crippen molar-refractivity contribution < 1.29 is 9.62 Å². The molecule has 3 nitrogen and oxygen atoms in total. The third-order valence-corrected chi connectivity index (χ3v) is 2.76. The van der Waals surface area contributed by atoms with Crippen molar-refractivity contribution in [3.63, 3.8) is 0 Å². The molecule has 1 aromatic carbocycles. The number of benzene rings is 1. The second-order valence-corrected chi connectivity index (χ2v) is 3.90. The fourth-order valence-electron chi connectivity index (χ4n) is 1.64. The molecule has 1 heterocycles. The monoisotopic (exact) mass is 229 g/mol. The third-order valence-electron chi connectivity index (χ3n) is 2.76. The Morgan fingerprint density at radius 3 is 2.47 bits per heavy atom. The maximum absolute atomic E-state index is 8.66. The Kier molecular flexibility index (Phi) is 3.28. The van der Waals surface area contributed by atoms with E-state index in [1.54, 1.807) is 13.0 Å². The van der Waals surface area contributed by atoms with Crippen LogP contribution in [0, 0.1) is 0 Å². The van der Waals surface area contributed by atoms with Gasteiger partial charge in [0, 0.05) is 5.56 Å². The summed E-state index contributed by atoms with van der Waals surface area (Å²) in [6, 6.07) is 11.9. The Hall–Kier alpha value is -2.03. The van der Waals surface area contributed by atoms with Crippen molar-refractivity contribution in [1.29, 1.82) is 0 Å². The summed E-state index contributed by atoms with van der Waals surface area (Å²) in [6.07, 6.45) is 1.03. The van der Waals surface area contributed by atoms with Gasteiger partial charge in [0.05, 0.1) is 0 Å². The third kappa shape index (κ3) is 2.38. The molecule has 0 fully saturated rings. The van der Waals surface area contributed by atoms with Gasteiger partial charge in [-0.2, -0.15) is 0 Å². The van der Waals surface area contributed by atoms with Crippen molar-refractivity contribution in [2.24, 2.45) is 5.16 Å². The van der Waals surface area contributed by atoms with Gasteiger partial charge in [-0.05, 0) is 31.0 Å². The smallest absolute Gasteiger partial charge is 0.152 e. The van der Waals surface area contributed by atoms with Crippen LogP contribution in [0.2, 0.25) is 0 Å². The minimum atomic E-state index is 0.474. The van der Waals surface area contributed by atoms with Crippen LogP contribution in [0.3, 0.4) is 0 Å². The minimum absolute atomic E-state index is 0.474. The van der Waals surface area contributed by atoms with E-state index in [0.29, 0.717) is 11.5 Å². The molecule has 0 aliphatic carbocycles. The lowest BCUT2D eigenvalue weighted by Crippen LogP contribution is -1.89. The molecule has 0 radical (unpaired) electrons. The molecule has 0 bridgehead atoms. The van der Waals surface area contributed by atoms with Crippen molar-refractivity contribution in [3.8, 4) is 11.3 Å². The van der Waals surface area contributed by atoms with Crippen LogP contribution in [0.25, 0.3) is 11.3 Å². The predicted molar refractivity (Wildman–Crippen MR) is 67.5 cm³/mol. The van der Waals surface area contributed by atoms with Gasteiger partial charge in [-0.15, -0.1) is 0 Å². The van der Waals surface area contributed by atoms with E-state index < -0.39 is 0 Å². The van der Waals surface area contributed by atoms with E-state index in [1.165, 1.54) is 5.56 Å². The van der Waals surface area contributed by atoms with Crippen LogP contribution < -0.4 is 0 Å². The maximum Gasteiger partial charge on any atom is 0.152 e. The summed E-state index contributed by atoms with van der Waals surface area (Å²) in [6.45, 7) is 3.82. The Morgan fingerprint density at radius 1 is 1.18 bits per heavy atom. The molecule has 2 aromatic rings. The van der Waals surface area contributed by atoms with Crippen molar-refractivity contribution in [2.45, 2.75) is 20.3 Å². The van der Waals surface area contributed by atoms with Crippen molar-refractivity contribution in [2.75, 3.05) is 0 Å². The number of hydrogen-bond acceptors (Lipinski definition) is 3. The first-order valence-electron chi connectivity index (χ1n) is 5.62. The summed E-state index contributed by atoms with van der Waals surface area (Å²) < 4.78 is 5.61. The normalized spacial score (nSPS) is 11.8. The molecule has 0 aliphatic rings. The molecule has 88 valence electrons. The van der Waals surface area contributed by atoms with Crippen molar-refractivity contribution >= 4 is 5.71 Å². The van der Waals surface area contributed by atoms with Gasteiger partial charge < -0.3 is 9.62 Å². The van der Waals surface area contributed by atoms with Crippen LogP contribution in [0.4, 0.5) is 0 Å². The average Bonchev–Trinajstić information content (AvgIpc) is 2.87. The molecule has 17 heavy (non-hydrogen) atoms. The topological polar surface area (TPSA) is 45.7 Å². The number of hydrogen-bond donors (Lipinski definition) is 1. The second kappa shape index (κ2) is 4.87. The lowest BCUT2D eigenvalue weighted by Gasteiger charge is -1.99. The van der Waals surface area contributed by atoms with E-state index in [2.05, 4.69) is 24.2 Å². The number of furan rings is 1. The largest absolute Gasteiger partial charge is 0.455 e. The van der Waals surface area contributed by atoms with Crippen LogP contribution in [-0.4, -0.2) is 10.9 Å². The maximum atomic E-state index is 8.66. The van der Waals surface area contributed by atoms with Gasteiger partial charge in [0.15, 0.2) is 5.76 Å². The van der Waals surface area contributed by atoms with E-state index in [4.69, 9.17) is 9.62 Å². The molecule has 1 N–H and O–H groups in total. The van der Waals surface area contributed by atoms with Crippen molar-refractivity contribution in [1.82, 2.24) is 0 Å². The summed E-state index contributed by atoms with van der Waals surface area (Å²) >= 11 is 0. The highest BCUT2D eigenvalue weighted by atomic mass is 16.4. The van der Waals surface area contributed by atoms with Gasteiger partial charge in [-0.1, -0.05) is 36.3 Å². The molecule has 0 aliphatic heterocycles. The highest BCUT2D eigenvalue weighted by molar-refractivity contribution is 5.96.